The summed E-state index contributed by atoms with van der Waals surface area (Å²) in [6, 6.07) is 0. The van der Waals surface area contributed by atoms with E-state index in [1.807, 2.05) is 24.6 Å². The number of hydrogen-bond acceptors (Lipinski definition) is 20. The van der Waals surface area contributed by atoms with Crippen LogP contribution in [-0.2, 0) is 83.3 Å². The Balaban J connectivity index is 0.992. The van der Waals surface area contributed by atoms with Crippen molar-refractivity contribution in [1.82, 2.24) is 20.2 Å². The first kappa shape index (κ1) is 67.5. The van der Waals surface area contributed by atoms with Gasteiger partial charge in [0.1, 0.15) is 11.5 Å². The smallest absolute Gasteiger partial charge is 0.313 e. The van der Waals surface area contributed by atoms with Gasteiger partial charge in [0, 0.05) is 38.0 Å². The lowest BCUT2D eigenvalue weighted by Gasteiger charge is -2.21. The third kappa shape index (κ3) is 27.4. The molecule has 0 atom stereocenters. The lowest BCUT2D eigenvalue weighted by atomic mass is 10.1. The molecule has 1 aliphatic heterocycles. The minimum absolute atomic E-state index is 0.0187. The Morgan fingerprint density at radius 2 is 1.12 bits per heavy atom. The van der Waals surface area contributed by atoms with Crippen LogP contribution in [0, 0.1) is 23.3 Å². The molecule has 3 rings (SSSR count). The summed E-state index contributed by atoms with van der Waals surface area (Å²) >= 11 is 0. The standard InChI is InChI=1S/C49H76F4N6O18S/c1-3-12-59(76-4-2)49(62)37-34-39-38(57-40(54)35-37)36-56-58(39)13-8-6-5-7-11-55-41(60)9-14-66-16-18-68-20-22-70-24-26-72-28-30-74-32-33-75-31-29-73-27-25-71-23-21-69-19-17-67-15-10-42(61)77-47-43(50)45(52)48(78(63,64)65)46(53)44(47)51/h34,36H,3-33,35H2,1-2H3,(H2,54,57)(H,55,60)(H,63,64,65). The molecule has 1 aromatic heterocycles. The summed E-state index contributed by atoms with van der Waals surface area (Å²) in [6.07, 6.45) is 7.78. The van der Waals surface area contributed by atoms with Crippen molar-refractivity contribution in [2.45, 2.75) is 76.7 Å². The Labute approximate surface area is 452 Å². The fraction of sp³-hybridized carbons (Fsp3) is 0.694. The van der Waals surface area contributed by atoms with Gasteiger partial charge in [-0.3, -0.25) is 28.5 Å². The summed E-state index contributed by atoms with van der Waals surface area (Å²) in [5, 5.41) is 8.81. The molecule has 4 N–H and O–H groups in total. The van der Waals surface area contributed by atoms with E-state index < -0.39 is 56.4 Å². The Bertz CT molecular complexity index is 2210. The van der Waals surface area contributed by atoms with Gasteiger partial charge in [-0.25, -0.2) is 18.8 Å². The van der Waals surface area contributed by atoms with Gasteiger partial charge in [0.2, 0.25) is 23.3 Å². The number of aromatic nitrogens is 2. The summed E-state index contributed by atoms with van der Waals surface area (Å²) < 4.78 is 147. The van der Waals surface area contributed by atoms with Gasteiger partial charge in [0.25, 0.3) is 5.91 Å². The first-order chi connectivity index (χ1) is 37.7. The molecule has 444 valence electrons. The van der Waals surface area contributed by atoms with E-state index in [-0.39, 0.29) is 57.7 Å². The molecule has 0 saturated heterocycles. The Morgan fingerprint density at radius 3 is 1.56 bits per heavy atom. The zero-order valence-electron chi connectivity index (χ0n) is 44.5. The van der Waals surface area contributed by atoms with Crippen molar-refractivity contribution in [1.29, 1.82) is 0 Å². The lowest BCUT2D eigenvalue weighted by molar-refractivity contribution is -0.180. The maximum atomic E-state index is 14.0. The van der Waals surface area contributed by atoms with Gasteiger partial charge in [-0.1, -0.05) is 19.8 Å². The number of halogens is 4. The highest BCUT2D eigenvalue weighted by molar-refractivity contribution is 7.85. The molecule has 78 heavy (non-hydrogen) atoms. The number of aryl methyl sites for hydroxylation is 1. The van der Waals surface area contributed by atoms with E-state index in [2.05, 4.69) is 20.1 Å². The van der Waals surface area contributed by atoms with Gasteiger partial charge in [-0.2, -0.15) is 22.3 Å². The number of nitrogens with two attached hydrogens (primary N) is 1. The first-order valence-electron chi connectivity index (χ1n) is 25.8. The van der Waals surface area contributed by atoms with E-state index in [1.165, 1.54) is 5.06 Å². The van der Waals surface area contributed by atoms with E-state index in [1.54, 1.807) is 6.20 Å². The number of aliphatic imine (C=N–C) groups is 1. The SMILES string of the molecule is CCCN(OCC)C(=O)C1=Cc2c(cnn2CCCCCCNC(=O)CCOCCOCCOCCOCCOCCOCCOCCOCCOCCOCCC(=O)Oc2c(F)c(F)c(S(=O)(=O)O)c(F)c2F)N=C(N)C1. The molecule has 0 saturated carbocycles. The van der Waals surface area contributed by atoms with Crippen molar-refractivity contribution < 1.29 is 102 Å². The lowest BCUT2D eigenvalue weighted by Crippen LogP contribution is -2.34. The number of benzene rings is 1. The third-order valence-electron chi connectivity index (χ3n) is 10.6. The number of hydrogen-bond donors (Lipinski definition) is 3. The van der Waals surface area contributed by atoms with Gasteiger partial charge in [0.05, 0.1) is 157 Å². The minimum atomic E-state index is -5.65. The van der Waals surface area contributed by atoms with Gasteiger partial charge in [-0.15, -0.1) is 0 Å². The number of unbranched alkanes of at least 4 members (excludes halogenated alkanes) is 3. The highest BCUT2D eigenvalue weighted by atomic mass is 32.2. The molecule has 1 aliphatic rings. The highest BCUT2D eigenvalue weighted by Gasteiger charge is 2.34. The largest absolute Gasteiger partial charge is 0.420 e. The monoisotopic (exact) mass is 1140 g/mol. The highest BCUT2D eigenvalue weighted by Crippen LogP contribution is 2.33. The first-order valence-corrected chi connectivity index (χ1v) is 27.3. The summed E-state index contributed by atoms with van der Waals surface area (Å²) in [5.74, 6) is -12.6. The second-order valence-electron chi connectivity index (χ2n) is 16.7. The molecule has 2 amide bonds. The summed E-state index contributed by atoms with van der Waals surface area (Å²) in [5.41, 5.74) is 8.03. The molecular weight excluding hydrogens is 1070 g/mol. The van der Waals surface area contributed by atoms with Crippen LogP contribution in [0.1, 0.15) is 70.9 Å². The maximum absolute atomic E-state index is 14.0. The predicted molar refractivity (Wildman–Crippen MR) is 270 cm³/mol. The van der Waals surface area contributed by atoms with E-state index in [0.29, 0.717) is 142 Å². The number of fused-ring (bicyclic) bond motifs is 1. The molecule has 29 heteroatoms. The number of esters is 1. The molecule has 0 aliphatic carbocycles. The van der Waals surface area contributed by atoms with E-state index in [4.69, 9.17) is 62.5 Å². The van der Waals surface area contributed by atoms with Crippen LogP contribution in [-0.4, -0.2) is 203 Å². The molecule has 24 nitrogen and oxygen atoms in total. The van der Waals surface area contributed by atoms with Crippen LogP contribution >= 0.6 is 0 Å². The van der Waals surface area contributed by atoms with Gasteiger partial charge in [0.15, 0.2) is 16.5 Å². The number of hydroxylamine groups is 2. The number of carbonyl (C=O) groups is 3. The van der Waals surface area contributed by atoms with Crippen LogP contribution in [0.2, 0.25) is 0 Å². The number of nitrogens with zero attached hydrogens (tertiary/aromatic N) is 4. The van der Waals surface area contributed by atoms with E-state index in [0.717, 1.165) is 37.8 Å². The molecular formula is C49H76F4N6O18S. The number of rotatable bonds is 47. The fourth-order valence-corrected chi connectivity index (χ4v) is 7.45. The molecule has 0 bridgehead atoms. The van der Waals surface area contributed by atoms with Crippen LogP contribution < -0.4 is 15.8 Å². The summed E-state index contributed by atoms with van der Waals surface area (Å²) in [7, 11) is -5.65. The molecule has 0 unspecified atom stereocenters. The molecule has 2 heterocycles. The number of amides is 2. The Kier molecular flexibility index (Phi) is 35.0. The third-order valence-corrected chi connectivity index (χ3v) is 11.4. The van der Waals surface area contributed by atoms with Crippen molar-refractivity contribution >= 4 is 45.5 Å². The van der Waals surface area contributed by atoms with Gasteiger partial charge >= 0.3 is 16.1 Å². The van der Waals surface area contributed by atoms with Crippen LogP contribution in [0.25, 0.3) is 6.08 Å². The maximum Gasteiger partial charge on any atom is 0.313 e. The van der Waals surface area contributed by atoms with Crippen LogP contribution in [0.4, 0.5) is 23.2 Å². The Hall–Kier alpha value is -4.76. The molecule has 0 radical (unpaired) electrons. The predicted octanol–water partition coefficient (Wildman–Crippen LogP) is 3.88. The molecule has 0 fully saturated rings. The fourth-order valence-electron chi connectivity index (χ4n) is 6.81. The van der Waals surface area contributed by atoms with E-state index in [9.17, 15) is 40.4 Å². The van der Waals surface area contributed by atoms with Crippen LogP contribution in [0.5, 0.6) is 5.75 Å². The number of amidine groups is 1. The van der Waals surface area contributed by atoms with Gasteiger partial charge < -0.3 is 63.2 Å². The average molecular weight is 1150 g/mol. The molecule has 2 aromatic rings. The van der Waals surface area contributed by atoms with Crippen LogP contribution in [0.3, 0.4) is 0 Å². The molecule has 0 spiro atoms. The second kappa shape index (κ2) is 40.4. The van der Waals surface area contributed by atoms with Crippen molar-refractivity contribution in [3.63, 3.8) is 0 Å². The Morgan fingerprint density at radius 1 is 0.667 bits per heavy atom. The summed E-state index contributed by atoms with van der Waals surface area (Å²) in [4.78, 5) is 45.0. The normalized spacial score (nSPS) is 12.6. The number of nitrogens with one attached hydrogen (secondary N) is 1. The van der Waals surface area contributed by atoms with Crippen molar-refractivity contribution in [2.75, 3.05) is 152 Å². The average Bonchev–Trinajstić information content (AvgIpc) is 3.72. The quantitative estimate of drug-likeness (QED) is 0.0161. The van der Waals surface area contributed by atoms with Gasteiger partial charge in [-0.05, 0) is 32.3 Å². The summed E-state index contributed by atoms with van der Waals surface area (Å²) in [6.45, 7) is 11.9. The number of carbonyl (C=O) groups excluding carboxylic acids is 3. The van der Waals surface area contributed by atoms with Crippen LogP contribution in [0.15, 0.2) is 21.7 Å². The topological polar surface area (TPSA) is 288 Å². The second-order valence-corrected chi connectivity index (χ2v) is 18.0. The van der Waals surface area contributed by atoms with Crippen molar-refractivity contribution in [3.8, 4) is 5.75 Å². The minimum Gasteiger partial charge on any atom is -0.420 e. The molecule has 1 aromatic carbocycles. The van der Waals surface area contributed by atoms with Crippen molar-refractivity contribution in [3.05, 3.63) is 40.7 Å². The van der Waals surface area contributed by atoms with Crippen molar-refractivity contribution in [2.24, 2.45) is 10.7 Å². The number of ether oxygens (including phenoxy) is 11. The zero-order chi connectivity index (χ0) is 56.8. The van der Waals surface area contributed by atoms with E-state index >= 15 is 0 Å². The zero-order valence-corrected chi connectivity index (χ0v) is 45.3.